The van der Waals surface area contributed by atoms with Crippen molar-refractivity contribution in [3.63, 3.8) is 0 Å². The molecule has 0 aliphatic rings. The van der Waals surface area contributed by atoms with Crippen LogP contribution in [0, 0.1) is 11.6 Å². The minimum absolute atomic E-state index is 0.119. The summed E-state index contributed by atoms with van der Waals surface area (Å²) >= 11 is 0. The van der Waals surface area contributed by atoms with Crippen molar-refractivity contribution in [3.8, 4) is 0 Å². The third-order valence-corrected chi connectivity index (χ3v) is 4.85. The number of hydrogen-bond donors (Lipinski definition) is 1. The van der Waals surface area contributed by atoms with Crippen molar-refractivity contribution in [3.05, 3.63) is 29.8 Å². The van der Waals surface area contributed by atoms with E-state index in [2.05, 4.69) is 5.32 Å². The number of sulfone groups is 1. The molecule has 1 rings (SSSR count). The Morgan fingerprint density at radius 3 is 2.53 bits per heavy atom. The quantitative estimate of drug-likeness (QED) is 0.620. The molecule has 0 aliphatic carbocycles. The highest BCUT2D eigenvalue weighted by molar-refractivity contribution is 7.91. The molecule has 0 saturated carbocycles. The molecule has 6 heteroatoms. The molecule has 0 spiro atoms. The van der Waals surface area contributed by atoms with Gasteiger partial charge >= 0.3 is 0 Å². The van der Waals surface area contributed by atoms with E-state index in [1.54, 1.807) is 0 Å². The highest BCUT2D eigenvalue weighted by atomic mass is 32.2. The lowest BCUT2D eigenvalue weighted by Gasteiger charge is -2.10. The van der Waals surface area contributed by atoms with Crippen LogP contribution in [0.2, 0.25) is 0 Å². The van der Waals surface area contributed by atoms with Gasteiger partial charge in [-0.1, -0.05) is 6.42 Å². The molecule has 0 fully saturated rings. The van der Waals surface area contributed by atoms with E-state index in [0.717, 1.165) is 25.0 Å². The Bertz CT molecular complexity index is 517. The van der Waals surface area contributed by atoms with Gasteiger partial charge in [-0.15, -0.1) is 0 Å². The highest BCUT2D eigenvalue weighted by Gasteiger charge is 2.19. The number of benzene rings is 1. The summed E-state index contributed by atoms with van der Waals surface area (Å²) in [7, 11) is -1.83. The maximum Gasteiger partial charge on any atom is 0.181 e. The molecule has 0 saturated heterocycles. The summed E-state index contributed by atoms with van der Waals surface area (Å²) in [4.78, 5) is -0.421. The molecule has 0 heterocycles. The molecule has 0 radical (unpaired) electrons. The third kappa shape index (κ3) is 4.87. The SMILES string of the molecule is CNC(C)CCCCS(=O)(=O)c1ccc(F)cc1F. The van der Waals surface area contributed by atoms with Gasteiger partial charge in [0.25, 0.3) is 0 Å². The molecule has 1 aromatic rings. The molecule has 1 unspecified atom stereocenters. The number of unbranched alkanes of at least 4 members (excludes halogenated alkanes) is 1. The summed E-state index contributed by atoms with van der Waals surface area (Å²) in [5.41, 5.74) is 0. The number of nitrogens with one attached hydrogen (secondary N) is 1. The monoisotopic (exact) mass is 291 g/mol. The fraction of sp³-hybridized carbons (Fsp3) is 0.538. The zero-order chi connectivity index (χ0) is 14.5. The van der Waals surface area contributed by atoms with Gasteiger partial charge in [0.2, 0.25) is 0 Å². The van der Waals surface area contributed by atoms with Gasteiger partial charge in [0.05, 0.1) is 5.75 Å². The summed E-state index contributed by atoms with van der Waals surface area (Å²) in [6.45, 7) is 2.01. The Hall–Kier alpha value is -1.01. The van der Waals surface area contributed by atoms with Crippen LogP contribution in [0.3, 0.4) is 0 Å². The lowest BCUT2D eigenvalue weighted by atomic mass is 10.1. The molecule has 0 aromatic heterocycles. The van der Waals surface area contributed by atoms with Crippen molar-refractivity contribution in [1.82, 2.24) is 5.32 Å². The second kappa shape index (κ2) is 6.96. The molecule has 1 aromatic carbocycles. The summed E-state index contributed by atoms with van der Waals surface area (Å²) in [6, 6.07) is 2.86. The van der Waals surface area contributed by atoms with Crippen LogP contribution in [-0.2, 0) is 9.84 Å². The molecule has 19 heavy (non-hydrogen) atoms. The van der Waals surface area contributed by atoms with Crippen LogP contribution in [0.1, 0.15) is 26.2 Å². The number of rotatable bonds is 7. The van der Waals surface area contributed by atoms with Crippen LogP contribution < -0.4 is 5.32 Å². The number of halogens is 2. The van der Waals surface area contributed by atoms with E-state index < -0.39 is 26.4 Å². The molecule has 1 atom stereocenters. The first-order valence-electron chi connectivity index (χ1n) is 6.22. The predicted octanol–water partition coefficient (Wildman–Crippen LogP) is 2.52. The minimum atomic E-state index is -3.67. The Morgan fingerprint density at radius 2 is 1.95 bits per heavy atom. The predicted molar refractivity (Wildman–Crippen MR) is 70.8 cm³/mol. The van der Waals surface area contributed by atoms with Gasteiger partial charge in [-0.05, 0) is 38.9 Å². The second-order valence-corrected chi connectivity index (χ2v) is 6.66. The Morgan fingerprint density at radius 1 is 1.26 bits per heavy atom. The van der Waals surface area contributed by atoms with Gasteiger partial charge in [0, 0.05) is 12.1 Å². The van der Waals surface area contributed by atoms with E-state index >= 15 is 0 Å². The van der Waals surface area contributed by atoms with Crippen LogP contribution >= 0.6 is 0 Å². The third-order valence-electron chi connectivity index (χ3n) is 3.02. The van der Waals surface area contributed by atoms with E-state index in [0.29, 0.717) is 18.5 Å². The molecule has 0 amide bonds. The van der Waals surface area contributed by atoms with Crippen molar-refractivity contribution in [2.45, 2.75) is 37.1 Å². The van der Waals surface area contributed by atoms with Crippen molar-refractivity contribution in [1.29, 1.82) is 0 Å². The Balaban J connectivity index is 2.61. The van der Waals surface area contributed by atoms with E-state index in [9.17, 15) is 17.2 Å². The maximum atomic E-state index is 13.4. The topological polar surface area (TPSA) is 46.2 Å². The highest BCUT2D eigenvalue weighted by Crippen LogP contribution is 2.18. The average molecular weight is 291 g/mol. The molecular formula is C13H19F2NO2S. The summed E-state index contributed by atoms with van der Waals surface area (Å²) in [5, 5.41) is 3.06. The molecule has 0 aliphatic heterocycles. The molecule has 3 nitrogen and oxygen atoms in total. The zero-order valence-electron chi connectivity index (χ0n) is 11.1. The van der Waals surface area contributed by atoms with Crippen LogP contribution in [0.15, 0.2) is 23.1 Å². The van der Waals surface area contributed by atoms with Crippen LogP contribution in [-0.4, -0.2) is 27.3 Å². The Labute approximate surface area is 112 Å². The van der Waals surface area contributed by atoms with Gasteiger partial charge in [-0.25, -0.2) is 17.2 Å². The van der Waals surface area contributed by atoms with Crippen molar-refractivity contribution in [2.75, 3.05) is 12.8 Å². The van der Waals surface area contributed by atoms with Gasteiger partial charge in [-0.2, -0.15) is 0 Å². The zero-order valence-corrected chi connectivity index (χ0v) is 11.9. The number of hydrogen-bond acceptors (Lipinski definition) is 3. The lowest BCUT2D eigenvalue weighted by Crippen LogP contribution is -2.21. The van der Waals surface area contributed by atoms with E-state index in [1.807, 2.05) is 14.0 Å². The molecule has 108 valence electrons. The fourth-order valence-corrected chi connectivity index (χ4v) is 3.16. The molecule has 0 bridgehead atoms. The van der Waals surface area contributed by atoms with E-state index in [4.69, 9.17) is 0 Å². The Kier molecular flexibility index (Phi) is 5.87. The van der Waals surface area contributed by atoms with Gasteiger partial charge in [-0.3, -0.25) is 0 Å². The first-order valence-corrected chi connectivity index (χ1v) is 7.87. The first-order chi connectivity index (χ1) is 8.86. The van der Waals surface area contributed by atoms with Gasteiger partial charge in [0.15, 0.2) is 9.84 Å². The fourth-order valence-electron chi connectivity index (χ4n) is 1.72. The average Bonchev–Trinajstić information content (AvgIpc) is 2.33. The molecular weight excluding hydrogens is 272 g/mol. The van der Waals surface area contributed by atoms with Crippen molar-refractivity contribution >= 4 is 9.84 Å². The standard InChI is InChI=1S/C13H19F2NO2S/c1-10(16-2)5-3-4-8-19(17,18)13-7-6-11(14)9-12(13)15/h6-7,9-10,16H,3-5,8H2,1-2H3. The van der Waals surface area contributed by atoms with Crippen molar-refractivity contribution in [2.24, 2.45) is 0 Å². The van der Waals surface area contributed by atoms with Gasteiger partial charge < -0.3 is 5.32 Å². The van der Waals surface area contributed by atoms with E-state index in [-0.39, 0.29) is 5.75 Å². The summed E-state index contributed by atoms with van der Waals surface area (Å²) < 4.78 is 49.9. The van der Waals surface area contributed by atoms with E-state index in [1.165, 1.54) is 0 Å². The van der Waals surface area contributed by atoms with Crippen LogP contribution in [0.5, 0.6) is 0 Å². The lowest BCUT2D eigenvalue weighted by molar-refractivity contribution is 0.529. The minimum Gasteiger partial charge on any atom is -0.317 e. The van der Waals surface area contributed by atoms with Crippen molar-refractivity contribution < 1.29 is 17.2 Å². The normalized spacial score (nSPS) is 13.5. The smallest absolute Gasteiger partial charge is 0.181 e. The summed E-state index contributed by atoms with van der Waals surface area (Å²) in [6.07, 6.45) is 2.06. The first kappa shape index (κ1) is 16.0. The van der Waals surface area contributed by atoms with Crippen LogP contribution in [0.4, 0.5) is 8.78 Å². The van der Waals surface area contributed by atoms with Gasteiger partial charge in [0.1, 0.15) is 16.5 Å². The maximum absolute atomic E-state index is 13.4. The largest absolute Gasteiger partial charge is 0.317 e. The van der Waals surface area contributed by atoms with Crippen LogP contribution in [0.25, 0.3) is 0 Å². The molecule has 1 N–H and O–H groups in total. The second-order valence-electron chi connectivity index (χ2n) is 4.58. The summed E-state index contributed by atoms with van der Waals surface area (Å²) in [5.74, 6) is -1.92.